The van der Waals surface area contributed by atoms with Gasteiger partial charge in [0, 0.05) is 18.5 Å². The Morgan fingerprint density at radius 1 is 0.967 bits per heavy atom. The quantitative estimate of drug-likeness (QED) is 0.643. The number of methoxy groups -OCH3 is 1. The standard InChI is InChI=1S/C23H22N2O4S/c1-29-22-14-13-18(16-21(22)25-15-7-12-23(25)26)30(27,28)24-20-11-6-5-10-19(20)17-8-3-2-4-9-17/h2-6,8-11,13-14,16,24H,7,12,15H2,1H3. The number of hydrogen-bond acceptors (Lipinski definition) is 4. The first kappa shape index (κ1) is 20.0. The highest BCUT2D eigenvalue weighted by Gasteiger charge is 2.27. The van der Waals surface area contributed by atoms with E-state index in [0.29, 0.717) is 30.1 Å². The van der Waals surface area contributed by atoms with Crippen LogP contribution < -0.4 is 14.4 Å². The maximum absolute atomic E-state index is 13.2. The van der Waals surface area contributed by atoms with Gasteiger partial charge in [-0.25, -0.2) is 8.42 Å². The summed E-state index contributed by atoms with van der Waals surface area (Å²) in [6.45, 7) is 0.545. The monoisotopic (exact) mass is 422 g/mol. The topological polar surface area (TPSA) is 75.7 Å². The molecule has 1 aliphatic rings. The summed E-state index contributed by atoms with van der Waals surface area (Å²) in [5.74, 6) is 0.430. The number of anilines is 2. The number of nitrogens with zero attached hydrogens (tertiary/aromatic N) is 1. The number of para-hydroxylation sites is 1. The molecule has 0 bridgehead atoms. The number of sulfonamides is 1. The molecule has 1 fully saturated rings. The van der Waals surface area contributed by atoms with Crippen LogP contribution in [0.25, 0.3) is 11.1 Å². The van der Waals surface area contributed by atoms with Crippen LogP contribution in [0.1, 0.15) is 12.8 Å². The molecule has 0 unspecified atom stereocenters. The molecular formula is C23H22N2O4S. The van der Waals surface area contributed by atoms with E-state index in [2.05, 4.69) is 4.72 Å². The number of hydrogen-bond donors (Lipinski definition) is 1. The number of nitrogens with one attached hydrogen (secondary N) is 1. The van der Waals surface area contributed by atoms with Gasteiger partial charge in [-0.05, 0) is 36.2 Å². The van der Waals surface area contributed by atoms with Gasteiger partial charge in [0.1, 0.15) is 5.75 Å². The molecule has 0 spiro atoms. The molecule has 1 amide bonds. The molecule has 0 radical (unpaired) electrons. The molecule has 0 atom stereocenters. The number of amides is 1. The van der Waals surface area contributed by atoms with Crippen LogP contribution in [0.3, 0.4) is 0 Å². The Hall–Kier alpha value is -3.32. The van der Waals surface area contributed by atoms with E-state index in [1.54, 1.807) is 23.1 Å². The fourth-order valence-corrected chi connectivity index (χ4v) is 4.70. The van der Waals surface area contributed by atoms with Crippen LogP contribution in [0.2, 0.25) is 0 Å². The first-order valence-electron chi connectivity index (χ1n) is 9.65. The first-order chi connectivity index (χ1) is 14.5. The van der Waals surface area contributed by atoms with Gasteiger partial charge in [-0.1, -0.05) is 48.5 Å². The molecule has 1 heterocycles. The number of carbonyl (C=O) groups is 1. The molecule has 1 saturated heterocycles. The largest absolute Gasteiger partial charge is 0.495 e. The van der Waals surface area contributed by atoms with Crippen LogP contribution in [0.4, 0.5) is 11.4 Å². The molecule has 3 aromatic rings. The van der Waals surface area contributed by atoms with E-state index in [9.17, 15) is 13.2 Å². The molecular weight excluding hydrogens is 400 g/mol. The Kier molecular flexibility index (Phi) is 5.46. The van der Waals surface area contributed by atoms with Gasteiger partial charge in [-0.15, -0.1) is 0 Å². The summed E-state index contributed by atoms with van der Waals surface area (Å²) >= 11 is 0. The van der Waals surface area contributed by atoms with Crippen LogP contribution >= 0.6 is 0 Å². The Morgan fingerprint density at radius 3 is 2.40 bits per heavy atom. The number of carbonyl (C=O) groups excluding carboxylic acids is 1. The third-order valence-corrected chi connectivity index (χ3v) is 6.44. The normalized spacial score (nSPS) is 14.0. The zero-order valence-corrected chi connectivity index (χ0v) is 17.4. The third-order valence-electron chi connectivity index (χ3n) is 5.08. The SMILES string of the molecule is COc1ccc(S(=O)(=O)Nc2ccccc2-c2ccccc2)cc1N1CCCC1=O. The van der Waals surface area contributed by atoms with Gasteiger partial charge in [-0.3, -0.25) is 9.52 Å². The minimum Gasteiger partial charge on any atom is -0.495 e. The number of rotatable bonds is 6. The molecule has 1 aliphatic heterocycles. The molecule has 6 nitrogen and oxygen atoms in total. The van der Waals surface area contributed by atoms with E-state index in [0.717, 1.165) is 17.5 Å². The predicted molar refractivity (Wildman–Crippen MR) is 117 cm³/mol. The molecule has 30 heavy (non-hydrogen) atoms. The fourth-order valence-electron chi connectivity index (χ4n) is 3.60. The Labute approximate surface area is 176 Å². The van der Waals surface area contributed by atoms with Crippen molar-refractivity contribution in [1.82, 2.24) is 0 Å². The van der Waals surface area contributed by atoms with Crippen molar-refractivity contribution in [1.29, 1.82) is 0 Å². The third kappa shape index (κ3) is 3.89. The van der Waals surface area contributed by atoms with Crippen molar-refractivity contribution in [2.24, 2.45) is 0 Å². The van der Waals surface area contributed by atoms with Gasteiger partial charge in [0.05, 0.1) is 23.4 Å². The van der Waals surface area contributed by atoms with Crippen molar-refractivity contribution in [3.8, 4) is 16.9 Å². The van der Waals surface area contributed by atoms with E-state index in [-0.39, 0.29) is 10.8 Å². The highest BCUT2D eigenvalue weighted by Crippen LogP contribution is 2.35. The van der Waals surface area contributed by atoms with Gasteiger partial charge in [-0.2, -0.15) is 0 Å². The minimum absolute atomic E-state index is 0.0368. The first-order valence-corrected chi connectivity index (χ1v) is 11.1. The zero-order chi connectivity index (χ0) is 21.1. The lowest BCUT2D eigenvalue weighted by atomic mass is 10.0. The molecule has 4 rings (SSSR count). The summed E-state index contributed by atoms with van der Waals surface area (Å²) in [6, 6.07) is 21.4. The van der Waals surface area contributed by atoms with Crippen molar-refractivity contribution in [3.05, 3.63) is 72.8 Å². The molecule has 7 heteroatoms. The lowest BCUT2D eigenvalue weighted by molar-refractivity contribution is -0.117. The van der Waals surface area contributed by atoms with Crippen molar-refractivity contribution in [3.63, 3.8) is 0 Å². The van der Waals surface area contributed by atoms with Crippen LogP contribution in [0.15, 0.2) is 77.7 Å². The summed E-state index contributed by atoms with van der Waals surface area (Å²) in [4.78, 5) is 13.9. The van der Waals surface area contributed by atoms with Crippen LogP contribution in [-0.2, 0) is 14.8 Å². The van der Waals surface area contributed by atoms with Crippen molar-refractivity contribution >= 4 is 27.3 Å². The summed E-state index contributed by atoms with van der Waals surface area (Å²) in [5, 5.41) is 0. The summed E-state index contributed by atoms with van der Waals surface area (Å²) in [7, 11) is -2.38. The molecule has 1 N–H and O–H groups in total. The van der Waals surface area contributed by atoms with Crippen LogP contribution in [0, 0.1) is 0 Å². The zero-order valence-electron chi connectivity index (χ0n) is 16.5. The minimum atomic E-state index is -3.88. The van der Waals surface area contributed by atoms with Gasteiger partial charge in [0.2, 0.25) is 5.91 Å². The van der Waals surface area contributed by atoms with E-state index >= 15 is 0 Å². The van der Waals surface area contributed by atoms with E-state index < -0.39 is 10.0 Å². The highest BCUT2D eigenvalue weighted by atomic mass is 32.2. The summed E-state index contributed by atoms with van der Waals surface area (Å²) in [6.07, 6.45) is 1.19. The fraction of sp³-hybridized carbons (Fsp3) is 0.174. The van der Waals surface area contributed by atoms with E-state index in [4.69, 9.17) is 4.74 Å². The molecule has 3 aromatic carbocycles. The van der Waals surface area contributed by atoms with Gasteiger partial charge < -0.3 is 9.64 Å². The lowest BCUT2D eigenvalue weighted by Crippen LogP contribution is -2.25. The molecule has 0 aromatic heterocycles. The smallest absolute Gasteiger partial charge is 0.261 e. The van der Waals surface area contributed by atoms with Crippen LogP contribution in [0.5, 0.6) is 5.75 Å². The summed E-state index contributed by atoms with van der Waals surface area (Å²) in [5.41, 5.74) is 2.65. The Balaban J connectivity index is 1.71. The maximum atomic E-state index is 13.2. The Bertz CT molecular complexity index is 1180. The predicted octanol–water partition coefficient (Wildman–Crippen LogP) is 4.29. The van der Waals surface area contributed by atoms with E-state index in [1.807, 2.05) is 42.5 Å². The highest BCUT2D eigenvalue weighted by molar-refractivity contribution is 7.92. The molecule has 0 aliphatic carbocycles. The second kappa shape index (κ2) is 8.20. The second-order valence-corrected chi connectivity index (χ2v) is 8.68. The van der Waals surface area contributed by atoms with Gasteiger partial charge in [0.15, 0.2) is 0 Å². The van der Waals surface area contributed by atoms with Crippen molar-refractivity contribution in [2.75, 3.05) is 23.3 Å². The van der Waals surface area contributed by atoms with E-state index in [1.165, 1.54) is 19.2 Å². The average Bonchev–Trinajstić information content (AvgIpc) is 3.19. The van der Waals surface area contributed by atoms with Crippen molar-refractivity contribution in [2.45, 2.75) is 17.7 Å². The summed E-state index contributed by atoms with van der Waals surface area (Å²) < 4.78 is 34.4. The number of ether oxygens (including phenoxy) is 1. The van der Waals surface area contributed by atoms with Gasteiger partial charge in [0.25, 0.3) is 10.0 Å². The van der Waals surface area contributed by atoms with Crippen LogP contribution in [-0.4, -0.2) is 28.0 Å². The second-order valence-electron chi connectivity index (χ2n) is 7.00. The molecule has 0 saturated carbocycles. The number of benzene rings is 3. The molecule has 154 valence electrons. The average molecular weight is 423 g/mol. The lowest BCUT2D eigenvalue weighted by Gasteiger charge is -2.20. The Morgan fingerprint density at radius 2 is 1.70 bits per heavy atom. The van der Waals surface area contributed by atoms with Gasteiger partial charge >= 0.3 is 0 Å². The van der Waals surface area contributed by atoms with Crippen molar-refractivity contribution < 1.29 is 17.9 Å². The maximum Gasteiger partial charge on any atom is 0.261 e.